The van der Waals surface area contributed by atoms with Crippen molar-refractivity contribution in [3.8, 4) is 0 Å². The maximum Gasteiger partial charge on any atom is 0.351 e. The van der Waals surface area contributed by atoms with Crippen LogP contribution in [0.3, 0.4) is 0 Å². The van der Waals surface area contributed by atoms with E-state index in [1.807, 2.05) is 0 Å². The van der Waals surface area contributed by atoms with Crippen LogP contribution in [0, 0.1) is 0 Å². The van der Waals surface area contributed by atoms with E-state index < -0.39 is 30.1 Å². The minimum atomic E-state index is -0.869. The van der Waals surface area contributed by atoms with Crippen LogP contribution in [0.25, 0.3) is 12.2 Å². The molecule has 1 aromatic heterocycles. The first-order valence-electron chi connectivity index (χ1n) is 8.62. The molecule has 0 unspecified atom stereocenters. The van der Waals surface area contributed by atoms with E-state index in [1.165, 1.54) is 17.9 Å². The van der Waals surface area contributed by atoms with Crippen molar-refractivity contribution in [1.82, 2.24) is 9.55 Å². The molecule has 2 aromatic rings. The number of ether oxygens (including phenoxy) is 2. The van der Waals surface area contributed by atoms with Gasteiger partial charge in [-0.25, -0.2) is 9.59 Å². The van der Waals surface area contributed by atoms with Gasteiger partial charge in [0.15, 0.2) is 0 Å². The largest absolute Gasteiger partial charge is 0.465 e. The predicted molar refractivity (Wildman–Crippen MR) is 101 cm³/mol. The Morgan fingerprint density at radius 2 is 2.11 bits per heavy atom. The zero-order valence-corrected chi connectivity index (χ0v) is 15.2. The van der Waals surface area contributed by atoms with Gasteiger partial charge in [0, 0.05) is 18.2 Å². The van der Waals surface area contributed by atoms with Crippen molar-refractivity contribution in [2.24, 2.45) is 0 Å². The average Bonchev–Trinajstić information content (AvgIpc) is 3.07. The maximum atomic E-state index is 12.2. The third-order valence-corrected chi connectivity index (χ3v) is 4.49. The standard InChI is InChI=1S/C19H21N3O6/c1-27-18(25)12-5-2-11(3-6-12)4-7-13-9-22(19(26)21-17(13)20)16-8-14(24)15(10-23)28-16/h2-7,9,14-16,23-24H,8,10H2,1H3,(H2,20,21,26)/b7-4+/t14-,15+,16+/m0/s1. The number of carbonyl (C=O) groups is 1. The van der Waals surface area contributed by atoms with Crippen LogP contribution in [0.1, 0.15) is 34.1 Å². The van der Waals surface area contributed by atoms with Gasteiger partial charge < -0.3 is 25.4 Å². The number of aromatic nitrogens is 2. The number of nitrogens with zero attached hydrogens (tertiary/aromatic N) is 2. The lowest BCUT2D eigenvalue weighted by Crippen LogP contribution is -2.28. The van der Waals surface area contributed by atoms with E-state index in [2.05, 4.69) is 9.72 Å². The van der Waals surface area contributed by atoms with E-state index in [0.717, 1.165) is 5.56 Å². The van der Waals surface area contributed by atoms with Crippen LogP contribution < -0.4 is 11.4 Å². The molecule has 0 aliphatic carbocycles. The number of methoxy groups -OCH3 is 1. The summed E-state index contributed by atoms with van der Waals surface area (Å²) < 4.78 is 11.4. The van der Waals surface area contributed by atoms with E-state index in [0.29, 0.717) is 11.1 Å². The van der Waals surface area contributed by atoms with Crippen LogP contribution in [0.4, 0.5) is 5.82 Å². The first-order valence-corrected chi connectivity index (χ1v) is 8.62. The molecule has 1 saturated heterocycles. The number of hydrogen-bond donors (Lipinski definition) is 3. The smallest absolute Gasteiger partial charge is 0.351 e. The molecular formula is C19H21N3O6. The fourth-order valence-corrected chi connectivity index (χ4v) is 2.92. The van der Waals surface area contributed by atoms with Crippen LogP contribution in [0.15, 0.2) is 35.3 Å². The van der Waals surface area contributed by atoms with Crippen molar-refractivity contribution in [3.63, 3.8) is 0 Å². The van der Waals surface area contributed by atoms with Crippen molar-refractivity contribution >= 4 is 23.9 Å². The summed E-state index contributed by atoms with van der Waals surface area (Å²) in [5.74, 6) is -0.364. The quantitative estimate of drug-likeness (QED) is 0.628. The van der Waals surface area contributed by atoms with Gasteiger partial charge in [-0.1, -0.05) is 18.2 Å². The zero-order chi connectivity index (χ0) is 20.3. The van der Waals surface area contributed by atoms with Crippen molar-refractivity contribution < 1.29 is 24.5 Å². The molecule has 1 fully saturated rings. The lowest BCUT2D eigenvalue weighted by Gasteiger charge is -2.15. The van der Waals surface area contributed by atoms with Crippen LogP contribution in [-0.2, 0) is 9.47 Å². The van der Waals surface area contributed by atoms with Crippen LogP contribution in [-0.4, -0.2) is 51.7 Å². The first-order chi connectivity index (χ1) is 13.4. The summed E-state index contributed by atoms with van der Waals surface area (Å²) in [6, 6.07) is 6.75. The normalized spacial score (nSPS) is 21.9. The second-order valence-corrected chi connectivity index (χ2v) is 6.33. The zero-order valence-electron chi connectivity index (χ0n) is 15.2. The average molecular weight is 387 g/mol. The Labute approximate surface area is 160 Å². The molecule has 1 aliphatic heterocycles. The molecule has 4 N–H and O–H groups in total. The fraction of sp³-hybridized carbons (Fsp3) is 0.316. The summed E-state index contributed by atoms with van der Waals surface area (Å²) in [6.45, 7) is -0.344. The van der Waals surface area contributed by atoms with Crippen molar-refractivity contribution in [2.45, 2.75) is 24.9 Å². The van der Waals surface area contributed by atoms with E-state index in [9.17, 15) is 19.8 Å². The number of rotatable bonds is 5. The number of aliphatic hydroxyl groups excluding tert-OH is 2. The number of hydrogen-bond acceptors (Lipinski definition) is 8. The molecule has 148 valence electrons. The maximum absolute atomic E-state index is 12.2. The van der Waals surface area contributed by atoms with E-state index in [1.54, 1.807) is 36.4 Å². The Kier molecular flexibility index (Phi) is 5.88. The molecule has 28 heavy (non-hydrogen) atoms. The third-order valence-electron chi connectivity index (χ3n) is 4.49. The van der Waals surface area contributed by atoms with Crippen molar-refractivity contribution in [2.75, 3.05) is 19.5 Å². The van der Waals surface area contributed by atoms with Crippen LogP contribution in [0.5, 0.6) is 0 Å². The Morgan fingerprint density at radius 1 is 1.39 bits per heavy atom. The lowest BCUT2D eigenvalue weighted by atomic mass is 10.1. The van der Waals surface area contributed by atoms with Gasteiger partial charge in [0.25, 0.3) is 0 Å². The summed E-state index contributed by atoms with van der Waals surface area (Å²) in [6.07, 6.45) is 2.74. The van der Waals surface area contributed by atoms with Crippen molar-refractivity contribution in [1.29, 1.82) is 0 Å². The SMILES string of the molecule is COC(=O)c1ccc(/C=C/c2cn([C@H]3C[C@H](O)[C@@H](CO)O3)c(=O)nc2N)cc1. The Bertz CT molecular complexity index is 938. The number of carbonyl (C=O) groups excluding carboxylic acids is 1. The molecule has 0 amide bonds. The molecular weight excluding hydrogens is 366 g/mol. The molecule has 1 aromatic carbocycles. The number of benzene rings is 1. The van der Waals surface area contributed by atoms with Gasteiger partial charge in [0.05, 0.1) is 25.4 Å². The summed E-state index contributed by atoms with van der Waals surface area (Å²) in [4.78, 5) is 27.4. The summed E-state index contributed by atoms with van der Waals surface area (Å²) in [5.41, 5.74) is 6.97. The number of nitrogens with two attached hydrogens (primary N) is 1. The molecule has 0 spiro atoms. The van der Waals surface area contributed by atoms with Gasteiger partial charge in [-0.15, -0.1) is 0 Å². The summed E-state index contributed by atoms with van der Waals surface area (Å²) in [5, 5.41) is 19.1. The number of nitrogen functional groups attached to an aromatic ring is 1. The molecule has 0 saturated carbocycles. The Balaban J connectivity index is 1.83. The molecule has 3 rings (SSSR count). The van der Waals surface area contributed by atoms with Gasteiger partial charge in [-0.3, -0.25) is 4.57 Å². The van der Waals surface area contributed by atoms with Gasteiger partial charge in [-0.2, -0.15) is 4.98 Å². The molecule has 3 atom stereocenters. The Morgan fingerprint density at radius 3 is 2.71 bits per heavy atom. The van der Waals surface area contributed by atoms with Gasteiger partial charge in [-0.05, 0) is 23.8 Å². The van der Waals surface area contributed by atoms with Crippen molar-refractivity contribution in [3.05, 3.63) is 57.6 Å². The third kappa shape index (κ3) is 4.11. The monoisotopic (exact) mass is 387 g/mol. The first kappa shape index (κ1) is 19.7. The molecule has 0 radical (unpaired) electrons. The molecule has 9 heteroatoms. The van der Waals surface area contributed by atoms with Crippen LogP contribution >= 0.6 is 0 Å². The summed E-state index contributed by atoms with van der Waals surface area (Å²) in [7, 11) is 1.32. The highest BCUT2D eigenvalue weighted by molar-refractivity contribution is 5.89. The number of anilines is 1. The topological polar surface area (TPSA) is 137 Å². The van der Waals surface area contributed by atoms with Gasteiger partial charge in [0.1, 0.15) is 18.1 Å². The lowest BCUT2D eigenvalue weighted by molar-refractivity contribution is -0.0458. The van der Waals surface area contributed by atoms with Gasteiger partial charge >= 0.3 is 11.7 Å². The van der Waals surface area contributed by atoms with E-state index >= 15 is 0 Å². The molecule has 0 bridgehead atoms. The Hall–Kier alpha value is -3.01. The second kappa shape index (κ2) is 8.34. The molecule has 9 nitrogen and oxygen atoms in total. The fourth-order valence-electron chi connectivity index (χ4n) is 2.92. The van der Waals surface area contributed by atoms with E-state index in [4.69, 9.17) is 10.5 Å². The predicted octanol–water partition coefficient (Wildman–Crippen LogP) is 0.423. The number of esters is 1. The molecule has 2 heterocycles. The minimum Gasteiger partial charge on any atom is -0.465 e. The molecule has 1 aliphatic rings. The van der Waals surface area contributed by atoms with Crippen LogP contribution in [0.2, 0.25) is 0 Å². The highest BCUT2D eigenvalue weighted by Crippen LogP contribution is 2.28. The summed E-state index contributed by atoms with van der Waals surface area (Å²) >= 11 is 0. The second-order valence-electron chi connectivity index (χ2n) is 6.33. The van der Waals surface area contributed by atoms with Gasteiger partial charge in [0.2, 0.25) is 0 Å². The highest BCUT2D eigenvalue weighted by atomic mass is 16.5. The highest BCUT2D eigenvalue weighted by Gasteiger charge is 2.35. The minimum absolute atomic E-state index is 0.0564. The number of aliphatic hydroxyl groups is 2. The van der Waals surface area contributed by atoms with E-state index in [-0.39, 0.29) is 18.8 Å².